The number of hydrogen-bond acceptors (Lipinski definition) is 2. The molecule has 0 radical (unpaired) electrons. The highest BCUT2D eigenvalue weighted by molar-refractivity contribution is 5.34. The predicted octanol–water partition coefficient (Wildman–Crippen LogP) is 2.36. The number of hydrogen-bond donors (Lipinski definition) is 1. The maximum absolute atomic E-state index is 5.77. The van der Waals surface area contributed by atoms with Gasteiger partial charge in [0.25, 0.3) is 0 Å². The van der Waals surface area contributed by atoms with E-state index in [0.717, 1.165) is 12.2 Å². The van der Waals surface area contributed by atoms with Crippen LogP contribution < -0.4 is 10.5 Å². The fourth-order valence-electron chi connectivity index (χ4n) is 1.39. The average Bonchev–Trinajstić information content (AvgIpc) is 2.06. The van der Waals surface area contributed by atoms with Gasteiger partial charge in [-0.15, -0.1) is 0 Å². The number of benzene rings is 1. The van der Waals surface area contributed by atoms with Crippen molar-refractivity contribution in [2.45, 2.75) is 39.3 Å². The van der Waals surface area contributed by atoms with Gasteiger partial charge in [-0.25, -0.2) is 0 Å². The van der Waals surface area contributed by atoms with Gasteiger partial charge in [0.05, 0.1) is 6.10 Å². The first-order valence-corrected chi connectivity index (χ1v) is 5.09. The Labute approximate surface area is 86.1 Å². The van der Waals surface area contributed by atoms with Crippen LogP contribution in [0.15, 0.2) is 24.3 Å². The summed E-state index contributed by atoms with van der Waals surface area (Å²) in [5.41, 5.74) is 6.96. The summed E-state index contributed by atoms with van der Waals surface area (Å²) in [5, 5.41) is 0. The molecule has 0 saturated heterocycles. The summed E-state index contributed by atoms with van der Waals surface area (Å²) < 4.78 is 5.69. The Morgan fingerprint density at radius 1 is 1.21 bits per heavy atom. The average molecular weight is 193 g/mol. The molecule has 1 aromatic rings. The molecular formula is C12H19NO. The minimum Gasteiger partial charge on any atom is -0.491 e. The van der Waals surface area contributed by atoms with E-state index in [1.807, 2.05) is 39.0 Å². The molecule has 0 amide bonds. The van der Waals surface area contributed by atoms with Gasteiger partial charge in [0.1, 0.15) is 5.75 Å². The summed E-state index contributed by atoms with van der Waals surface area (Å²) in [6, 6.07) is 8.25. The van der Waals surface area contributed by atoms with Crippen LogP contribution in [-0.4, -0.2) is 12.1 Å². The first-order valence-electron chi connectivity index (χ1n) is 5.09. The SMILES string of the molecule is CC(N)Cc1ccccc1OC(C)C. The van der Waals surface area contributed by atoms with Crippen molar-refractivity contribution < 1.29 is 4.74 Å². The molecule has 0 spiro atoms. The summed E-state index contributed by atoms with van der Waals surface area (Å²) in [6.07, 6.45) is 1.08. The van der Waals surface area contributed by atoms with E-state index in [1.165, 1.54) is 5.56 Å². The molecule has 0 aliphatic heterocycles. The van der Waals surface area contributed by atoms with Gasteiger partial charge in [0, 0.05) is 6.04 Å². The Bertz CT molecular complexity index is 252. The summed E-state index contributed by atoms with van der Waals surface area (Å²) >= 11 is 0. The Morgan fingerprint density at radius 3 is 2.43 bits per heavy atom. The first-order chi connectivity index (χ1) is 6.59. The molecule has 0 aliphatic rings. The van der Waals surface area contributed by atoms with Crippen LogP contribution in [0, 0.1) is 0 Å². The Hall–Kier alpha value is -1.02. The molecule has 0 bridgehead atoms. The number of rotatable bonds is 4. The summed E-state index contributed by atoms with van der Waals surface area (Å²) in [5.74, 6) is 0.958. The van der Waals surface area contributed by atoms with E-state index in [4.69, 9.17) is 10.5 Å². The largest absolute Gasteiger partial charge is 0.491 e. The summed E-state index contributed by atoms with van der Waals surface area (Å²) in [7, 11) is 0. The highest BCUT2D eigenvalue weighted by atomic mass is 16.5. The molecule has 2 N–H and O–H groups in total. The van der Waals surface area contributed by atoms with Crippen molar-refractivity contribution in [3.63, 3.8) is 0 Å². The lowest BCUT2D eigenvalue weighted by atomic mass is 10.1. The number of ether oxygens (including phenoxy) is 1. The van der Waals surface area contributed by atoms with Crippen molar-refractivity contribution in [2.24, 2.45) is 5.73 Å². The second-order valence-corrected chi connectivity index (χ2v) is 3.96. The molecule has 1 atom stereocenters. The predicted molar refractivity (Wildman–Crippen MR) is 59.6 cm³/mol. The van der Waals surface area contributed by atoms with Gasteiger partial charge in [-0.3, -0.25) is 0 Å². The van der Waals surface area contributed by atoms with Crippen LogP contribution in [0.2, 0.25) is 0 Å². The van der Waals surface area contributed by atoms with Crippen molar-refractivity contribution in [3.8, 4) is 5.75 Å². The van der Waals surface area contributed by atoms with E-state index in [-0.39, 0.29) is 12.1 Å². The molecular weight excluding hydrogens is 174 g/mol. The van der Waals surface area contributed by atoms with Crippen LogP contribution in [-0.2, 0) is 6.42 Å². The fraction of sp³-hybridized carbons (Fsp3) is 0.500. The second kappa shape index (κ2) is 5.01. The molecule has 1 rings (SSSR count). The molecule has 0 fully saturated rings. The normalized spacial score (nSPS) is 12.9. The molecule has 1 unspecified atom stereocenters. The van der Waals surface area contributed by atoms with Gasteiger partial charge < -0.3 is 10.5 Å². The van der Waals surface area contributed by atoms with Crippen molar-refractivity contribution in [1.29, 1.82) is 0 Å². The second-order valence-electron chi connectivity index (χ2n) is 3.96. The monoisotopic (exact) mass is 193 g/mol. The molecule has 0 saturated carbocycles. The molecule has 0 heterocycles. The van der Waals surface area contributed by atoms with Gasteiger partial charge in [-0.05, 0) is 38.8 Å². The molecule has 2 nitrogen and oxygen atoms in total. The molecule has 14 heavy (non-hydrogen) atoms. The van der Waals surface area contributed by atoms with Gasteiger partial charge in [0.15, 0.2) is 0 Å². The molecule has 0 aromatic heterocycles. The van der Waals surface area contributed by atoms with Crippen molar-refractivity contribution in [3.05, 3.63) is 29.8 Å². The van der Waals surface area contributed by atoms with Crippen molar-refractivity contribution >= 4 is 0 Å². The summed E-state index contributed by atoms with van der Waals surface area (Å²) in [4.78, 5) is 0. The lowest BCUT2D eigenvalue weighted by molar-refractivity contribution is 0.239. The van der Waals surface area contributed by atoms with E-state index in [2.05, 4.69) is 6.07 Å². The maximum Gasteiger partial charge on any atom is 0.122 e. The fourth-order valence-corrected chi connectivity index (χ4v) is 1.39. The standard InChI is InChI=1S/C12H19NO/c1-9(2)14-12-7-5-4-6-11(12)8-10(3)13/h4-7,9-10H,8,13H2,1-3H3. The van der Waals surface area contributed by atoms with Crippen LogP contribution in [0.25, 0.3) is 0 Å². The van der Waals surface area contributed by atoms with E-state index >= 15 is 0 Å². The van der Waals surface area contributed by atoms with Gasteiger partial charge >= 0.3 is 0 Å². The third-order valence-corrected chi connectivity index (χ3v) is 1.88. The zero-order valence-corrected chi connectivity index (χ0v) is 9.16. The Balaban J connectivity index is 2.80. The molecule has 1 aromatic carbocycles. The summed E-state index contributed by atoms with van der Waals surface area (Å²) in [6.45, 7) is 6.07. The molecule has 0 aliphatic carbocycles. The van der Waals surface area contributed by atoms with Crippen molar-refractivity contribution in [1.82, 2.24) is 0 Å². The lowest BCUT2D eigenvalue weighted by Crippen LogP contribution is -2.19. The maximum atomic E-state index is 5.77. The smallest absolute Gasteiger partial charge is 0.122 e. The zero-order chi connectivity index (χ0) is 10.6. The van der Waals surface area contributed by atoms with Gasteiger partial charge in [-0.1, -0.05) is 18.2 Å². The quantitative estimate of drug-likeness (QED) is 0.796. The van der Waals surface area contributed by atoms with Crippen LogP contribution in [0.4, 0.5) is 0 Å². The van der Waals surface area contributed by atoms with Crippen molar-refractivity contribution in [2.75, 3.05) is 0 Å². The third-order valence-electron chi connectivity index (χ3n) is 1.88. The Kier molecular flexibility index (Phi) is 3.96. The van der Waals surface area contributed by atoms with Crippen LogP contribution >= 0.6 is 0 Å². The topological polar surface area (TPSA) is 35.2 Å². The highest BCUT2D eigenvalue weighted by Gasteiger charge is 2.06. The first kappa shape index (κ1) is 11.1. The third kappa shape index (κ3) is 3.38. The van der Waals surface area contributed by atoms with E-state index in [9.17, 15) is 0 Å². The van der Waals surface area contributed by atoms with Gasteiger partial charge in [-0.2, -0.15) is 0 Å². The van der Waals surface area contributed by atoms with Crippen LogP contribution in [0.1, 0.15) is 26.3 Å². The van der Waals surface area contributed by atoms with Crippen LogP contribution in [0.5, 0.6) is 5.75 Å². The van der Waals surface area contributed by atoms with Gasteiger partial charge in [0.2, 0.25) is 0 Å². The Morgan fingerprint density at radius 2 is 1.86 bits per heavy atom. The van der Waals surface area contributed by atoms with E-state index in [1.54, 1.807) is 0 Å². The highest BCUT2D eigenvalue weighted by Crippen LogP contribution is 2.20. The van der Waals surface area contributed by atoms with E-state index in [0.29, 0.717) is 0 Å². The lowest BCUT2D eigenvalue weighted by Gasteiger charge is -2.15. The minimum atomic E-state index is 0.173. The minimum absolute atomic E-state index is 0.173. The zero-order valence-electron chi connectivity index (χ0n) is 9.16. The molecule has 78 valence electrons. The number of para-hydroxylation sites is 1. The number of nitrogens with two attached hydrogens (primary N) is 1. The van der Waals surface area contributed by atoms with Crippen LogP contribution in [0.3, 0.4) is 0 Å². The molecule has 2 heteroatoms. The van der Waals surface area contributed by atoms with E-state index < -0.39 is 0 Å².